The molecule has 7 heteroatoms. The Hall–Kier alpha value is -3.19. The molecule has 0 aliphatic carbocycles. The number of nitrogens with one attached hydrogen (secondary N) is 1. The molecule has 32 heavy (non-hydrogen) atoms. The minimum atomic E-state index is -4.75. The molecule has 0 amide bonds. The first-order chi connectivity index (χ1) is 15.4. The minimum absolute atomic E-state index is 0.223. The van der Waals surface area contributed by atoms with Crippen LogP contribution in [0.1, 0.15) is 17.2 Å². The summed E-state index contributed by atoms with van der Waals surface area (Å²) < 4.78 is 43.4. The second-order valence-electron chi connectivity index (χ2n) is 7.95. The number of hydrogen-bond donors (Lipinski definition) is 1. The quantitative estimate of drug-likeness (QED) is 0.544. The molecule has 168 valence electrons. The lowest BCUT2D eigenvalue weighted by Gasteiger charge is -2.34. The van der Waals surface area contributed by atoms with Crippen molar-refractivity contribution in [2.75, 3.05) is 43.4 Å². The van der Waals surface area contributed by atoms with E-state index in [-0.39, 0.29) is 11.8 Å². The van der Waals surface area contributed by atoms with Crippen LogP contribution in [0.15, 0.2) is 78.9 Å². The first-order valence-corrected chi connectivity index (χ1v) is 10.6. The van der Waals surface area contributed by atoms with Crippen molar-refractivity contribution in [2.24, 2.45) is 0 Å². The summed E-state index contributed by atoms with van der Waals surface area (Å²) in [6.07, 6.45) is -4.75. The largest absolute Gasteiger partial charge is 0.573 e. The molecule has 0 saturated carbocycles. The van der Waals surface area contributed by atoms with Gasteiger partial charge in [-0.3, -0.25) is 0 Å². The maximum absolute atomic E-state index is 13.0. The summed E-state index contributed by atoms with van der Waals surface area (Å²) >= 11 is 0. The molecule has 1 aliphatic rings. The van der Waals surface area contributed by atoms with Gasteiger partial charge in [0.15, 0.2) is 0 Å². The average molecular weight is 441 g/mol. The Morgan fingerprint density at radius 2 is 1.38 bits per heavy atom. The third-order valence-electron chi connectivity index (χ3n) is 5.57. The van der Waals surface area contributed by atoms with Crippen molar-refractivity contribution >= 4 is 11.4 Å². The second-order valence-corrected chi connectivity index (χ2v) is 7.95. The van der Waals surface area contributed by atoms with Crippen molar-refractivity contribution < 1.29 is 17.9 Å². The van der Waals surface area contributed by atoms with Crippen LogP contribution in [0.3, 0.4) is 0 Å². The van der Waals surface area contributed by atoms with Crippen LogP contribution in [0.25, 0.3) is 0 Å². The van der Waals surface area contributed by atoms with Crippen LogP contribution in [0, 0.1) is 0 Å². The maximum atomic E-state index is 13.0. The standard InChI is InChI=1S/C25H26F3N3O/c1-30-12-14-31(15-13-30)22-16-21(17-23(18-22)32-25(26,27)28)29-24(19-8-4-2-5-9-19)20-10-6-3-7-11-20/h2-11,16-18,24,29H,12-15H2,1H3. The number of benzene rings is 3. The summed E-state index contributed by atoms with van der Waals surface area (Å²) in [6.45, 7) is 3.19. The van der Waals surface area contributed by atoms with Crippen molar-refractivity contribution in [1.82, 2.24) is 4.90 Å². The third-order valence-corrected chi connectivity index (χ3v) is 5.57. The molecular formula is C25H26F3N3O. The lowest BCUT2D eigenvalue weighted by atomic mass is 9.98. The van der Waals surface area contributed by atoms with Crippen LogP contribution in [0.4, 0.5) is 24.5 Å². The first kappa shape index (κ1) is 22.0. The normalized spacial score (nSPS) is 15.1. The number of piperazine rings is 1. The van der Waals surface area contributed by atoms with Gasteiger partial charge in [0.2, 0.25) is 0 Å². The summed E-state index contributed by atoms with van der Waals surface area (Å²) in [4.78, 5) is 4.29. The van der Waals surface area contributed by atoms with E-state index >= 15 is 0 Å². The minimum Gasteiger partial charge on any atom is -0.406 e. The molecule has 1 fully saturated rings. The predicted molar refractivity (Wildman–Crippen MR) is 121 cm³/mol. The van der Waals surface area contributed by atoms with Gasteiger partial charge in [-0.2, -0.15) is 0 Å². The molecular weight excluding hydrogens is 415 g/mol. The fourth-order valence-corrected chi connectivity index (χ4v) is 3.92. The number of halogens is 3. The van der Waals surface area contributed by atoms with Gasteiger partial charge in [0.05, 0.1) is 6.04 Å². The Labute approximate surface area is 186 Å². The monoisotopic (exact) mass is 441 g/mol. The Morgan fingerprint density at radius 1 is 0.812 bits per heavy atom. The van der Waals surface area contributed by atoms with Crippen LogP contribution in [-0.2, 0) is 0 Å². The molecule has 1 aliphatic heterocycles. The van der Waals surface area contributed by atoms with Crippen LogP contribution in [0.2, 0.25) is 0 Å². The molecule has 0 radical (unpaired) electrons. The zero-order valence-corrected chi connectivity index (χ0v) is 17.8. The maximum Gasteiger partial charge on any atom is 0.573 e. The molecule has 1 saturated heterocycles. The molecule has 0 atom stereocenters. The molecule has 0 bridgehead atoms. The summed E-state index contributed by atoms with van der Waals surface area (Å²) in [7, 11) is 2.04. The van der Waals surface area contributed by atoms with E-state index in [0.29, 0.717) is 11.4 Å². The van der Waals surface area contributed by atoms with E-state index in [1.54, 1.807) is 0 Å². The number of hydrogen-bond acceptors (Lipinski definition) is 4. The molecule has 4 rings (SSSR count). The number of rotatable bonds is 6. The Balaban J connectivity index is 1.70. The van der Waals surface area contributed by atoms with Crippen molar-refractivity contribution in [1.29, 1.82) is 0 Å². The highest BCUT2D eigenvalue weighted by molar-refractivity contribution is 5.64. The number of alkyl halides is 3. The molecule has 4 nitrogen and oxygen atoms in total. The average Bonchev–Trinajstić information content (AvgIpc) is 2.78. The highest BCUT2D eigenvalue weighted by Crippen LogP contribution is 2.34. The van der Waals surface area contributed by atoms with Crippen LogP contribution < -0.4 is 15.0 Å². The van der Waals surface area contributed by atoms with E-state index in [1.807, 2.05) is 73.8 Å². The highest BCUT2D eigenvalue weighted by Gasteiger charge is 2.32. The van der Waals surface area contributed by atoms with Gasteiger partial charge in [-0.25, -0.2) is 0 Å². The molecule has 1 N–H and O–H groups in total. The molecule has 0 spiro atoms. The fraction of sp³-hybridized carbons (Fsp3) is 0.280. The van der Waals surface area contributed by atoms with E-state index in [4.69, 9.17) is 0 Å². The lowest BCUT2D eigenvalue weighted by molar-refractivity contribution is -0.274. The van der Waals surface area contributed by atoms with E-state index in [0.717, 1.165) is 37.3 Å². The molecule has 0 unspecified atom stereocenters. The number of likely N-dealkylation sites (N-methyl/N-ethyl adjacent to an activating group) is 1. The SMILES string of the molecule is CN1CCN(c2cc(NC(c3ccccc3)c3ccccc3)cc(OC(F)(F)F)c2)CC1. The van der Waals surface area contributed by atoms with Gasteiger partial charge in [0.1, 0.15) is 5.75 Å². The van der Waals surface area contributed by atoms with Gasteiger partial charge in [-0.1, -0.05) is 60.7 Å². The summed E-state index contributed by atoms with van der Waals surface area (Å²) in [5.74, 6) is -0.226. The highest BCUT2D eigenvalue weighted by atomic mass is 19.4. The summed E-state index contributed by atoms with van der Waals surface area (Å²) in [5.41, 5.74) is 3.31. The van der Waals surface area contributed by atoms with Gasteiger partial charge in [0, 0.05) is 49.7 Å². The van der Waals surface area contributed by atoms with Crippen molar-refractivity contribution in [3.8, 4) is 5.75 Å². The van der Waals surface area contributed by atoms with E-state index < -0.39 is 6.36 Å². The van der Waals surface area contributed by atoms with Crippen molar-refractivity contribution in [3.05, 3.63) is 90.0 Å². The Morgan fingerprint density at radius 3 is 1.91 bits per heavy atom. The van der Waals surface area contributed by atoms with Crippen LogP contribution in [0.5, 0.6) is 5.75 Å². The molecule has 1 heterocycles. The smallest absolute Gasteiger partial charge is 0.406 e. The first-order valence-electron chi connectivity index (χ1n) is 10.6. The number of ether oxygens (including phenoxy) is 1. The number of nitrogens with zero attached hydrogens (tertiary/aromatic N) is 2. The Kier molecular flexibility index (Phi) is 6.55. The molecule has 0 aromatic heterocycles. The van der Waals surface area contributed by atoms with Crippen LogP contribution >= 0.6 is 0 Å². The number of anilines is 2. The van der Waals surface area contributed by atoms with Crippen LogP contribution in [-0.4, -0.2) is 44.5 Å². The van der Waals surface area contributed by atoms with E-state index in [9.17, 15) is 13.2 Å². The van der Waals surface area contributed by atoms with E-state index in [1.165, 1.54) is 12.1 Å². The summed E-state index contributed by atoms with van der Waals surface area (Å²) in [6, 6.07) is 24.2. The third kappa shape index (κ3) is 5.73. The summed E-state index contributed by atoms with van der Waals surface area (Å²) in [5, 5.41) is 3.44. The van der Waals surface area contributed by atoms with Gasteiger partial charge >= 0.3 is 6.36 Å². The predicted octanol–water partition coefficient (Wildman–Crippen LogP) is 5.54. The fourth-order valence-electron chi connectivity index (χ4n) is 3.92. The van der Waals surface area contributed by atoms with Gasteiger partial charge < -0.3 is 19.9 Å². The zero-order valence-electron chi connectivity index (χ0n) is 17.8. The molecule has 3 aromatic rings. The van der Waals surface area contributed by atoms with E-state index in [2.05, 4.69) is 19.9 Å². The second kappa shape index (κ2) is 9.53. The van der Waals surface area contributed by atoms with Crippen molar-refractivity contribution in [3.63, 3.8) is 0 Å². The van der Waals surface area contributed by atoms with Gasteiger partial charge in [-0.15, -0.1) is 13.2 Å². The van der Waals surface area contributed by atoms with Crippen molar-refractivity contribution in [2.45, 2.75) is 12.4 Å². The lowest BCUT2D eigenvalue weighted by Crippen LogP contribution is -2.44. The topological polar surface area (TPSA) is 27.7 Å². The van der Waals surface area contributed by atoms with Gasteiger partial charge in [0.25, 0.3) is 0 Å². The van der Waals surface area contributed by atoms with Gasteiger partial charge in [-0.05, 0) is 24.2 Å². The zero-order chi connectivity index (χ0) is 22.6. The Bertz CT molecular complexity index is 964. The molecule has 3 aromatic carbocycles.